The summed E-state index contributed by atoms with van der Waals surface area (Å²) in [5.41, 5.74) is -0.691. The Morgan fingerprint density at radius 1 is 0.630 bits per heavy atom. The lowest BCUT2D eigenvalue weighted by atomic mass is 9.86. The van der Waals surface area contributed by atoms with E-state index in [4.69, 9.17) is 0 Å². The van der Waals surface area contributed by atoms with Gasteiger partial charge in [-0.2, -0.15) is 0 Å². The first-order valence-corrected chi connectivity index (χ1v) is 12.1. The van der Waals surface area contributed by atoms with Crippen molar-refractivity contribution in [2.75, 3.05) is 7.05 Å². The summed E-state index contributed by atoms with van der Waals surface area (Å²) in [5.74, 6) is -0.854. The van der Waals surface area contributed by atoms with Crippen LogP contribution >= 0.6 is 0 Å². The molecule has 162 valence electrons. The number of carboxylic acids is 1. The molecule has 2 N–H and O–H groups in total. The van der Waals surface area contributed by atoms with E-state index in [1.807, 2.05) is 12.4 Å². The molecule has 0 fully saturated rings. The number of unbranched alkanes of at least 4 members (excludes halogenated alkanes) is 15. The summed E-state index contributed by atoms with van der Waals surface area (Å²) in [4.78, 5) is 11.8. The van der Waals surface area contributed by atoms with E-state index in [0.717, 1.165) is 38.5 Å². The summed E-state index contributed by atoms with van der Waals surface area (Å²) in [6.45, 7) is 4.50. The van der Waals surface area contributed by atoms with E-state index in [9.17, 15) is 9.90 Å². The average molecular weight is 384 g/mol. The minimum atomic E-state index is -0.854. The maximum Gasteiger partial charge on any atom is 0.136 e. The van der Waals surface area contributed by atoms with E-state index in [2.05, 4.69) is 13.8 Å². The molecule has 0 spiro atoms. The largest absolute Gasteiger partial charge is 0.544 e. The van der Waals surface area contributed by atoms with Gasteiger partial charge >= 0.3 is 0 Å². The van der Waals surface area contributed by atoms with E-state index in [1.165, 1.54) is 83.5 Å². The van der Waals surface area contributed by atoms with Gasteiger partial charge in [-0.05, 0) is 12.8 Å². The zero-order chi connectivity index (χ0) is 20.2. The topological polar surface area (TPSA) is 56.7 Å². The quantitative estimate of drug-likeness (QED) is 0.280. The van der Waals surface area contributed by atoms with Crippen LogP contribution in [0.2, 0.25) is 0 Å². The van der Waals surface area contributed by atoms with Gasteiger partial charge < -0.3 is 15.2 Å². The van der Waals surface area contributed by atoms with Gasteiger partial charge in [-0.15, -0.1) is 0 Å². The summed E-state index contributed by atoms with van der Waals surface area (Å²) in [6, 6.07) is 0. The lowest BCUT2D eigenvalue weighted by Crippen LogP contribution is -2.97. The standard InChI is InChI=1S/C24H49NO2/c1-4-6-8-10-12-14-16-18-20-22-24(25-3,23(26)27)21-19-17-15-13-11-9-7-5-2/h25H,4-22H2,1-3H3,(H,26,27). The summed E-state index contributed by atoms with van der Waals surface area (Å²) >= 11 is 0. The van der Waals surface area contributed by atoms with Gasteiger partial charge in [0.15, 0.2) is 0 Å². The molecule has 0 aromatic rings. The normalized spacial score (nSPS) is 13.6. The monoisotopic (exact) mass is 383 g/mol. The van der Waals surface area contributed by atoms with Gasteiger partial charge in [-0.1, -0.05) is 110 Å². The predicted molar refractivity (Wildman–Crippen MR) is 115 cm³/mol. The first-order valence-electron chi connectivity index (χ1n) is 12.1. The van der Waals surface area contributed by atoms with Crippen LogP contribution in [0, 0.1) is 0 Å². The van der Waals surface area contributed by atoms with Gasteiger partial charge in [-0.3, -0.25) is 0 Å². The number of hydrogen-bond donors (Lipinski definition) is 1. The fourth-order valence-electron chi connectivity index (χ4n) is 4.06. The summed E-state index contributed by atoms with van der Waals surface area (Å²) in [5, 5.41) is 13.7. The lowest BCUT2D eigenvalue weighted by Gasteiger charge is -2.31. The molecule has 0 aliphatic heterocycles. The van der Waals surface area contributed by atoms with E-state index < -0.39 is 11.5 Å². The van der Waals surface area contributed by atoms with Crippen molar-refractivity contribution >= 4 is 5.97 Å². The van der Waals surface area contributed by atoms with Crippen molar-refractivity contribution in [1.82, 2.24) is 0 Å². The minimum Gasteiger partial charge on any atom is -0.544 e. The third-order valence-electron chi connectivity index (χ3n) is 6.16. The Hall–Kier alpha value is -0.570. The molecule has 1 atom stereocenters. The van der Waals surface area contributed by atoms with Gasteiger partial charge in [0.25, 0.3) is 0 Å². The molecule has 0 aliphatic carbocycles. The Morgan fingerprint density at radius 2 is 0.926 bits per heavy atom. The van der Waals surface area contributed by atoms with Crippen molar-refractivity contribution in [3.63, 3.8) is 0 Å². The lowest BCUT2D eigenvalue weighted by molar-refractivity contribution is -0.698. The van der Waals surface area contributed by atoms with Gasteiger partial charge in [0.05, 0.1) is 7.05 Å². The fourth-order valence-corrected chi connectivity index (χ4v) is 4.06. The first kappa shape index (κ1) is 26.4. The molecule has 3 heteroatoms. The van der Waals surface area contributed by atoms with Crippen LogP contribution < -0.4 is 10.4 Å². The molecule has 0 bridgehead atoms. The second kappa shape index (κ2) is 18.8. The molecular weight excluding hydrogens is 334 g/mol. The van der Waals surface area contributed by atoms with Crippen molar-refractivity contribution in [3.8, 4) is 0 Å². The molecule has 0 rings (SSSR count). The molecule has 0 radical (unpaired) electrons. The number of carbonyl (C=O) groups is 1. The summed E-state index contributed by atoms with van der Waals surface area (Å²) < 4.78 is 0. The Bertz CT molecular complexity index is 332. The highest BCUT2D eigenvalue weighted by atomic mass is 16.4. The Labute approximate surface area is 170 Å². The van der Waals surface area contributed by atoms with E-state index >= 15 is 0 Å². The van der Waals surface area contributed by atoms with Gasteiger partial charge in [0.2, 0.25) is 0 Å². The number of quaternary nitrogens is 1. The Morgan fingerprint density at radius 3 is 1.19 bits per heavy atom. The number of carbonyl (C=O) groups excluding carboxylic acids is 1. The molecular formula is C24H49NO2. The maximum absolute atomic E-state index is 11.8. The van der Waals surface area contributed by atoms with Crippen molar-refractivity contribution in [1.29, 1.82) is 0 Å². The second-order valence-corrected chi connectivity index (χ2v) is 8.54. The number of nitrogens with two attached hydrogens (primary N) is 1. The van der Waals surface area contributed by atoms with Crippen LogP contribution in [-0.4, -0.2) is 18.6 Å². The molecule has 1 unspecified atom stereocenters. The van der Waals surface area contributed by atoms with Crippen molar-refractivity contribution < 1.29 is 15.2 Å². The molecule has 0 saturated carbocycles. The van der Waals surface area contributed by atoms with Crippen molar-refractivity contribution in [2.45, 2.75) is 141 Å². The molecule has 27 heavy (non-hydrogen) atoms. The van der Waals surface area contributed by atoms with Crippen molar-refractivity contribution in [2.24, 2.45) is 0 Å². The molecule has 0 heterocycles. The van der Waals surface area contributed by atoms with E-state index in [1.54, 1.807) is 0 Å². The number of hydrogen-bond acceptors (Lipinski definition) is 2. The molecule has 0 saturated heterocycles. The highest BCUT2D eigenvalue weighted by molar-refractivity contribution is 5.74. The molecule has 0 amide bonds. The number of rotatable bonds is 21. The van der Waals surface area contributed by atoms with E-state index in [-0.39, 0.29) is 0 Å². The first-order chi connectivity index (χ1) is 13.1. The maximum atomic E-state index is 11.8. The third kappa shape index (κ3) is 14.1. The number of likely N-dealkylation sites (N-methyl/N-ethyl adjacent to an activating group) is 1. The SMILES string of the molecule is CCCCCCCCCCCC(CCCCCCCCCC)([NH2+]C)C(=O)[O-]. The van der Waals surface area contributed by atoms with Crippen LogP contribution in [0.3, 0.4) is 0 Å². The summed E-state index contributed by atoms with van der Waals surface area (Å²) in [6.07, 6.45) is 23.0. The molecule has 0 aromatic heterocycles. The van der Waals surface area contributed by atoms with Gasteiger partial charge in [0.1, 0.15) is 11.5 Å². The van der Waals surface area contributed by atoms with Crippen LogP contribution in [0.4, 0.5) is 0 Å². The molecule has 3 nitrogen and oxygen atoms in total. The number of carboxylic acid groups (broad SMARTS) is 1. The Balaban J connectivity index is 3.89. The van der Waals surface area contributed by atoms with Crippen LogP contribution in [0.5, 0.6) is 0 Å². The predicted octanol–water partition coefficient (Wildman–Crippen LogP) is 5.12. The second-order valence-electron chi connectivity index (χ2n) is 8.54. The van der Waals surface area contributed by atoms with Crippen LogP contribution in [0.1, 0.15) is 136 Å². The van der Waals surface area contributed by atoms with Crippen LogP contribution in [0.25, 0.3) is 0 Å². The minimum absolute atomic E-state index is 0.691. The molecule has 0 aromatic carbocycles. The smallest absolute Gasteiger partial charge is 0.136 e. The van der Waals surface area contributed by atoms with Crippen LogP contribution in [0.15, 0.2) is 0 Å². The van der Waals surface area contributed by atoms with E-state index in [0.29, 0.717) is 0 Å². The fraction of sp³-hybridized carbons (Fsp3) is 0.958. The highest BCUT2D eigenvalue weighted by Gasteiger charge is 2.32. The van der Waals surface area contributed by atoms with Gasteiger partial charge in [0, 0.05) is 12.8 Å². The zero-order valence-corrected chi connectivity index (χ0v) is 18.8. The Kier molecular flexibility index (Phi) is 18.4. The molecule has 0 aliphatic rings. The van der Waals surface area contributed by atoms with Crippen molar-refractivity contribution in [3.05, 3.63) is 0 Å². The number of aliphatic carboxylic acids is 1. The highest BCUT2D eigenvalue weighted by Crippen LogP contribution is 2.20. The van der Waals surface area contributed by atoms with Gasteiger partial charge in [-0.25, -0.2) is 0 Å². The zero-order valence-electron chi connectivity index (χ0n) is 18.8. The van der Waals surface area contributed by atoms with Crippen LogP contribution in [-0.2, 0) is 4.79 Å². The third-order valence-corrected chi connectivity index (χ3v) is 6.16. The average Bonchev–Trinajstić information content (AvgIpc) is 2.67. The summed E-state index contributed by atoms with van der Waals surface area (Å²) in [7, 11) is 1.91.